The van der Waals surface area contributed by atoms with Gasteiger partial charge in [0.15, 0.2) is 9.84 Å². The molecule has 0 aliphatic carbocycles. The van der Waals surface area contributed by atoms with Crippen molar-refractivity contribution in [3.8, 4) is 11.4 Å². The van der Waals surface area contributed by atoms with Crippen LogP contribution in [0.2, 0.25) is 0 Å². The molecule has 0 spiro atoms. The Balaban J connectivity index is 1.35. The van der Waals surface area contributed by atoms with Gasteiger partial charge in [-0.2, -0.15) is 4.98 Å². The van der Waals surface area contributed by atoms with Crippen molar-refractivity contribution < 1.29 is 17.7 Å². The number of amides is 1. The molecule has 9 heteroatoms. The predicted octanol–water partition coefficient (Wildman–Crippen LogP) is 4.92. The van der Waals surface area contributed by atoms with Gasteiger partial charge in [0.05, 0.1) is 23.4 Å². The molecule has 1 aliphatic heterocycles. The van der Waals surface area contributed by atoms with Crippen LogP contribution < -0.4 is 5.32 Å². The summed E-state index contributed by atoms with van der Waals surface area (Å²) >= 11 is 0. The van der Waals surface area contributed by atoms with Gasteiger partial charge in [0.25, 0.3) is 0 Å². The van der Waals surface area contributed by atoms with E-state index in [2.05, 4.69) is 53.3 Å². The van der Waals surface area contributed by atoms with E-state index in [0.717, 1.165) is 30.5 Å². The van der Waals surface area contributed by atoms with Crippen molar-refractivity contribution in [1.29, 1.82) is 0 Å². The predicted molar refractivity (Wildman–Crippen MR) is 147 cm³/mol. The fourth-order valence-electron chi connectivity index (χ4n) is 4.82. The minimum atomic E-state index is -3.26. The summed E-state index contributed by atoms with van der Waals surface area (Å²) in [6, 6.07) is 14.8. The normalized spacial score (nSPS) is 17.8. The number of likely N-dealkylation sites (tertiary alicyclic amines) is 1. The van der Waals surface area contributed by atoms with E-state index in [9.17, 15) is 13.2 Å². The standard InChI is InChI=1S/C29H38N4O4S/c1-6-25(20-11-15-24(16-12-20)38(5,35)36)30-28(34)22-8-7-17-33(18-22)19-26-31-27(32-37-26)21-9-13-23(14-10-21)29(2,3)4/h9-16,22,25H,6-8,17-19H2,1-5H3,(H,30,34). The summed E-state index contributed by atoms with van der Waals surface area (Å²) in [6.07, 6.45) is 3.63. The molecule has 1 aliphatic rings. The van der Waals surface area contributed by atoms with Crippen LogP contribution in [0, 0.1) is 5.92 Å². The van der Waals surface area contributed by atoms with Gasteiger partial charge in [-0.15, -0.1) is 0 Å². The maximum absolute atomic E-state index is 13.2. The average molecular weight is 539 g/mol. The van der Waals surface area contributed by atoms with Gasteiger partial charge >= 0.3 is 0 Å². The molecule has 1 N–H and O–H groups in total. The lowest BCUT2D eigenvalue weighted by Gasteiger charge is -2.32. The molecule has 4 rings (SSSR count). The van der Waals surface area contributed by atoms with Crippen LogP contribution in [0.3, 0.4) is 0 Å². The molecule has 0 saturated carbocycles. The minimum Gasteiger partial charge on any atom is -0.349 e. The van der Waals surface area contributed by atoms with Crippen LogP contribution in [0.15, 0.2) is 57.9 Å². The van der Waals surface area contributed by atoms with E-state index in [-0.39, 0.29) is 28.2 Å². The number of aromatic nitrogens is 2. The summed E-state index contributed by atoms with van der Waals surface area (Å²) in [5.41, 5.74) is 3.14. The topological polar surface area (TPSA) is 105 Å². The molecule has 2 aromatic carbocycles. The average Bonchev–Trinajstić information content (AvgIpc) is 3.35. The van der Waals surface area contributed by atoms with Gasteiger partial charge in [0.2, 0.25) is 17.6 Å². The van der Waals surface area contributed by atoms with Crippen molar-refractivity contribution in [3.63, 3.8) is 0 Å². The number of nitrogens with one attached hydrogen (secondary N) is 1. The lowest BCUT2D eigenvalue weighted by molar-refractivity contribution is -0.127. The summed E-state index contributed by atoms with van der Waals surface area (Å²) < 4.78 is 29.1. The van der Waals surface area contributed by atoms with E-state index in [1.807, 2.05) is 19.1 Å². The zero-order valence-electron chi connectivity index (χ0n) is 22.9. The molecule has 2 atom stereocenters. The van der Waals surface area contributed by atoms with E-state index in [1.165, 1.54) is 11.8 Å². The zero-order valence-corrected chi connectivity index (χ0v) is 23.7. The third-order valence-corrected chi connectivity index (χ3v) is 8.28. The molecule has 38 heavy (non-hydrogen) atoms. The van der Waals surface area contributed by atoms with Crippen LogP contribution in [0.25, 0.3) is 11.4 Å². The summed E-state index contributed by atoms with van der Waals surface area (Å²) in [5, 5.41) is 7.34. The van der Waals surface area contributed by atoms with E-state index < -0.39 is 9.84 Å². The highest BCUT2D eigenvalue weighted by Crippen LogP contribution is 2.26. The van der Waals surface area contributed by atoms with Gasteiger partial charge in [-0.05, 0) is 54.5 Å². The van der Waals surface area contributed by atoms with Crippen LogP contribution in [0.4, 0.5) is 0 Å². The number of rotatable bonds is 8. The largest absolute Gasteiger partial charge is 0.349 e. The summed E-state index contributed by atoms with van der Waals surface area (Å²) in [6.45, 7) is 10.5. The zero-order chi connectivity index (χ0) is 27.5. The lowest BCUT2D eigenvalue weighted by Crippen LogP contribution is -2.43. The second kappa shape index (κ2) is 11.4. The highest BCUT2D eigenvalue weighted by Gasteiger charge is 2.28. The van der Waals surface area contributed by atoms with Gasteiger partial charge in [0, 0.05) is 18.4 Å². The summed E-state index contributed by atoms with van der Waals surface area (Å²) in [5.74, 6) is 0.983. The molecular formula is C29H38N4O4S. The molecule has 204 valence electrons. The number of carbonyl (C=O) groups is 1. The number of hydrogen-bond donors (Lipinski definition) is 1. The van der Waals surface area contributed by atoms with Crippen LogP contribution in [-0.2, 0) is 26.6 Å². The Morgan fingerprint density at radius 1 is 1.13 bits per heavy atom. The first-order valence-corrected chi connectivity index (χ1v) is 15.1. The van der Waals surface area contributed by atoms with Crippen molar-refractivity contribution in [1.82, 2.24) is 20.4 Å². The lowest BCUT2D eigenvalue weighted by atomic mass is 9.87. The van der Waals surface area contributed by atoms with Gasteiger partial charge in [-0.3, -0.25) is 9.69 Å². The fourth-order valence-corrected chi connectivity index (χ4v) is 5.45. The van der Waals surface area contributed by atoms with Gasteiger partial charge in [-0.25, -0.2) is 8.42 Å². The van der Waals surface area contributed by atoms with Crippen molar-refractivity contribution in [2.24, 2.45) is 5.92 Å². The van der Waals surface area contributed by atoms with E-state index in [1.54, 1.807) is 24.3 Å². The highest BCUT2D eigenvalue weighted by molar-refractivity contribution is 7.90. The Kier molecular flexibility index (Phi) is 8.37. The molecule has 1 aromatic heterocycles. The Morgan fingerprint density at radius 3 is 2.42 bits per heavy atom. The maximum Gasteiger partial charge on any atom is 0.241 e. The Morgan fingerprint density at radius 2 is 1.82 bits per heavy atom. The maximum atomic E-state index is 13.2. The molecule has 0 bridgehead atoms. The van der Waals surface area contributed by atoms with Crippen molar-refractivity contribution in [2.75, 3.05) is 19.3 Å². The number of carbonyl (C=O) groups excluding carboxylic acids is 1. The number of nitrogens with zero attached hydrogens (tertiary/aromatic N) is 3. The molecular weight excluding hydrogens is 500 g/mol. The van der Waals surface area contributed by atoms with E-state index >= 15 is 0 Å². The smallest absolute Gasteiger partial charge is 0.241 e. The van der Waals surface area contributed by atoms with E-state index in [0.29, 0.717) is 31.2 Å². The second-order valence-electron chi connectivity index (χ2n) is 11.2. The van der Waals surface area contributed by atoms with Crippen molar-refractivity contribution >= 4 is 15.7 Å². The van der Waals surface area contributed by atoms with Crippen LogP contribution in [0.5, 0.6) is 0 Å². The first-order valence-electron chi connectivity index (χ1n) is 13.2. The Hall–Kier alpha value is -3.04. The monoisotopic (exact) mass is 538 g/mol. The van der Waals surface area contributed by atoms with Crippen molar-refractivity contribution in [3.05, 3.63) is 65.5 Å². The number of hydrogen-bond acceptors (Lipinski definition) is 7. The Labute approximate surface area is 225 Å². The van der Waals surface area contributed by atoms with Crippen LogP contribution >= 0.6 is 0 Å². The first kappa shape index (κ1) is 28.0. The van der Waals surface area contributed by atoms with Gasteiger partial charge in [0.1, 0.15) is 0 Å². The van der Waals surface area contributed by atoms with E-state index in [4.69, 9.17) is 4.52 Å². The quantitative estimate of drug-likeness (QED) is 0.434. The molecule has 1 fully saturated rings. The molecule has 2 unspecified atom stereocenters. The molecule has 2 heterocycles. The summed E-state index contributed by atoms with van der Waals surface area (Å²) in [7, 11) is -3.26. The third-order valence-electron chi connectivity index (χ3n) is 7.15. The van der Waals surface area contributed by atoms with Crippen LogP contribution in [-0.4, -0.2) is 48.7 Å². The van der Waals surface area contributed by atoms with Crippen LogP contribution in [0.1, 0.15) is 70.0 Å². The molecule has 1 amide bonds. The third kappa shape index (κ3) is 6.88. The SMILES string of the molecule is CCC(NC(=O)C1CCCN(Cc2nc(-c3ccc(C(C)(C)C)cc3)no2)C1)c1ccc(S(C)(=O)=O)cc1. The molecule has 8 nitrogen and oxygen atoms in total. The highest BCUT2D eigenvalue weighted by atomic mass is 32.2. The van der Waals surface area contributed by atoms with Gasteiger partial charge in [-0.1, -0.05) is 69.2 Å². The van der Waals surface area contributed by atoms with Gasteiger partial charge < -0.3 is 9.84 Å². The van der Waals surface area contributed by atoms with Crippen molar-refractivity contribution in [2.45, 2.75) is 69.9 Å². The molecule has 0 radical (unpaired) electrons. The first-order chi connectivity index (χ1) is 17.9. The fraction of sp³-hybridized carbons (Fsp3) is 0.483. The molecule has 1 saturated heterocycles. The second-order valence-corrected chi connectivity index (χ2v) is 13.2. The Bertz CT molecular complexity index is 1340. The number of benzene rings is 2. The number of sulfone groups is 1. The molecule has 3 aromatic rings. The minimum absolute atomic E-state index is 0.0129. The number of piperidine rings is 1. The summed E-state index contributed by atoms with van der Waals surface area (Å²) in [4.78, 5) is 20.2.